The van der Waals surface area contributed by atoms with E-state index in [0.29, 0.717) is 0 Å². The highest BCUT2D eigenvalue weighted by Crippen LogP contribution is 2.42. The number of H-pyrrole nitrogens is 1. The molecule has 2 rings (SSSR count). The van der Waals surface area contributed by atoms with Gasteiger partial charge in [-0.2, -0.15) is 23.7 Å². The van der Waals surface area contributed by atoms with Crippen LogP contribution in [0.2, 0.25) is 0 Å². The molecule has 5 nitrogen and oxygen atoms in total. The van der Waals surface area contributed by atoms with E-state index in [1.165, 1.54) is 12.1 Å². The summed E-state index contributed by atoms with van der Waals surface area (Å²) >= 11 is 0. The maximum Gasteiger partial charge on any atom is 0.417 e. The van der Waals surface area contributed by atoms with Gasteiger partial charge in [-0.3, -0.25) is 4.79 Å². The van der Waals surface area contributed by atoms with E-state index in [1.807, 2.05) is 4.98 Å². The Morgan fingerprint density at radius 2 is 1.71 bits per heavy atom. The first-order chi connectivity index (χ1) is 11.1. The largest absolute Gasteiger partial charge is 0.417 e. The van der Waals surface area contributed by atoms with Crippen molar-refractivity contribution in [3.63, 3.8) is 0 Å². The second-order valence-electron chi connectivity index (χ2n) is 4.83. The summed E-state index contributed by atoms with van der Waals surface area (Å²) in [6.45, 7) is 1.10. The van der Waals surface area contributed by atoms with E-state index in [-0.39, 0.29) is 5.56 Å². The molecule has 0 aliphatic rings. The second-order valence-corrected chi connectivity index (χ2v) is 4.83. The predicted octanol–water partition coefficient (Wildman–Crippen LogP) is 2.83. The van der Waals surface area contributed by atoms with Gasteiger partial charge in [-0.1, -0.05) is 6.07 Å². The number of hydrogen-bond acceptors (Lipinski definition) is 4. The molecule has 0 bridgehead atoms. The average molecular weight is 336 g/mol. The monoisotopic (exact) mass is 336 g/mol. The molecule has 0 saturated carbocycles. The van der Waals surface area contributed by atoms with Gasteiger partial charge in [0, 0.05) is 11.1 Å². The zero-order valence-corrected chi connectivity index (χ0v) is 12.0. The van der Waals surface area contributed by atoms with Crippen LogP contribution in [0, 0.1) is 35.4 Å². The number of aryl methyl sites for hydroxylation is 1. The molecule has 0 fully saturated rings. The van der Waals surface area contributed by atoms with Crippen LogP contribution in [0.3, 0.4) is 0 Å². The number of nitrogens with one attached hydrogen (secondary N) is 1. The third-order valence-corrected chi connectivity index (χ3v) is 3.36. The van der Waals surface area contributed by atoms with Crippen LogP contribution < -0.4 is 11.3 Å². The van der Waals surface area contributed by atoms with Crippen LogP contribution in [0.15, 0.2) is 16.9 Å². The van der Waals surface area contributed by atoms with Crippen molar-refractivity contribution in [3.8, 4) is 23.3 Å². The first-order valence-electron chi connectivity index (χ1n) is 6.36. The van der Waals surface area contributed by atoms with Crippen molar-refractivity contribution in [2.75, 3.05) is 5.73 Å². The molecule has 0 spiro atoms. The molecule has 1 aromatic heterocycles. The molecule has 0 aliphatic heterocycles. The maximum absolute atomic E-state index is 14.3. The van der Waals surface area contributed by atoms with Gasteiger partial charge in [-0.05, 0) is 18.6 Å². The van der Waals surface area contributed by atoms with E-state index < -0.39 is 51.2 Å². The van der Waals surface area contributed by atoms with Gasteiger partial charge in [0.25, 0.3) is 5.56 Å². The number of pyridine rings is 1. The fourth-order valence-corrected chi connectivity index (χ4v) is 2.38. The molecule has 0 amide bonds. The van der Waals surface area contributed by atoms with Crippen LogP contribution in [0.5, 0.6) is 0 Å². The van der Waals surface area contributed by atoms with Gasteiger partial charge in [-0.15, -0.1) is 0 Å². The number of nitriles is 2. The van der Waals surface area contributed by atoms with Crippen molar-refractivity contribution in [1.29, 1.82) is 10.5 Å². The van der Waals surface area contributed by atoms with Crippen molar-refractivity contribution in [1.82, 2.24) is 4.98 Å². The summed E-state index contributed by atoms with van der Waals surface area (Å²) in [6, 6.07) is 4.59. The van der Waals surface area contributed by atoms with Gasteiger partial charge in [-0.25, -0.2) is 4.39 Å². The molecule has 9 heteroatoms. The zero-order valence-electron chi connectivity index (χ0n) is 12.0. The fourth-order valence-electron chi connectivity index (χ4n) is 2.38. The van der Waals surface area contributed by atoms with Gasteiger partial charge in [0.15, 0.2) is 0 Å². The average Bonchev–Trinajstić information content (AvgIpc) is 2.47. The topological polar surface area (TPSA) is 106 Å². The van der Waals surface area contributed by atoms with Crippen LogP contribution >= 0.6 is 0 Å². The van der Waals surface area contributed by atoms with Gasteiger partial charge < -0.3 is 10.7 Å². The zero-order chi connectivity index (χ0) is 18.2. The van der Waals surface area contributed by atoms with Gasteiger partial charge in [0.1, 0.15) is 34.9 Å². The molecule has 2 aromatic rings. The first kappa shape index (κ1) is 17.0. The fraction of sp³-hybridized carbons (Fsp3) is 0.133. The standard InChI is InChI=1S/C15H8F4N4O/c1-6-2-3-9(16)11(12(6)15(17,18)19)10-7(4-20)13(22)23-14(24)8(10)5-21/h2-3H,1H3,(H3,22,23,24). The third-order valence-electron chi connectivity index (χ3n) is 3.36. The van der Waals surface area contributed by atoms with Crippen molar-refractivity contribution in [3.05, 3.63) is 50.6 Å². The van der Waals surface area contributed by atoms with Gasteiger partial charge in [0.2, 0.25) is 0 Å². The number of benzene rings is 1. The smallest absolute Gasteiger partial charge is 0.384 e. The van der Waals surface area contributed by atoms with Crippen molar-refractivity contribution >= 4 is 5.82 Å². The number of anilines is 1. The summed E-state index contributed by atoms with van der Waals surface area (Å²) in [5.74, 6) is -1.88. The van der Waals surface area contributed by atoms with E-state index in [9.17, 15) is 22.4 Å². The number of nitrogens with zero attached hydrogens (tertiary/aromatic N) is 2. The Bertz CT molecular complexity index is 977. The van der Waals surface area contributed by atoms with Crippen molar-refractivity contribution in [2.45, 2.75) is 13.1 Å². The number of aromatic nitrogens is 1. The number of rotatable bonds is 1. The van der Waals surface area contributed by atoms with Crippen LogP contribution in [-0.4, -0.2) is 4.98 Å². The van der Waals surface area contributed by atoms with Crippen molar-refractivity contribution < 1.29 is 17.6 Å². The lowest BCUT2D eigenvalue weighted by molar-refractivity contribution is -0.137. The lowest BCUT2D eigenvalue weighted by Gasteiger charge is -2.18. The SMILES string of the molecule is Cc1ccc(F)c(-c2c(C#N)c(N)[nH]c(=O)c2C#N)c1C(F)(F)F. The highest BCUT2D eigenvalue weighted by atomic mass is 19.4. The molecular formula is C15H8F4N4O. The van der Waals surface area contributed by atoms with Crippen LogP contribution in [0.1, 0.15) is 22.3 Å². The van der Waals surface area contributed by atoms with E-state index >= 15 is 0 Å². The number of alkyl halides is 3. The maximum atomic E-state index is 14.3. The number of aromatic amines is 1. The van der Waals surface area contributed by atoms with Crippen molar-refractivity contribution in [2.24, 2.45) is 0 Å². The molecule has 0 saturated heterocycles. The second kappa shape index (κ2) is 5.70. The molecule has 0 unspecified atom stereocenters. The highest BCUT2D eigenvalue weighted by molar-refractivity contribution is 5.83. The Morgan fingerprint density at radius 3 is 2.21 bits per heavy atom. The Hall–Kier alpha value is -3.33. The molecule has 3 N–H and O–H groups in total. The summed E-state index contributed by atoms with van der Waals surface area (Å²) in [4.78, 5) is 13.8. The van der Waals surface area contributed by atoms with E-state index in [2.05, 4.69) is 0 Å². The number of halogens is 4. The minimum absolute atomic E-state index is 0.328. The van der Waals surface area contributed by atoms with Gasteiger partial charge >= 0.3 is 6.18 Å². The molecular weight excluding hydrogens is 328 g/mol. The Labute approximate surface area is 132 Å². The summed E-state index contributed by atoms with van der Waals surface area (Å²) in [7, 11) is 0. The molecule has 1 aromatic carbocycles. The number of hydrogen-bond donors (Lipinski definition) is 2. The van der Waals surface area contributed by atoms with Gasteiger partial charge in [0.05, 0.1) is 5.56 Å². The highest BCUT2D eigenvalue weighted by Gasteiger charge is 2.38. The first-order valence-corrected chi connectivity index (χ1v) is 6.36. The minimum atomic E-state index is -4.97. The quantitative estimate of drug-likeness (QED) is 0.781. The molecule has 122 valence electrons. The summed E-state index contributed by atoms with van der Waals surface area (Å²) in [5, 5.41) is 18.3. The normalized spacial score (nSPS) is 11.0. The van der Waals surface area contributed by atoms with Crippen LogP contribution in [0.25, 0.3) is 11.1 Å². The predicted molar refractivity (Wildman–Crippen MR) is 76.0 cm³/mol. The molecule has 24 heavy (non-hydrogen) atoms. The molecule has 0 radical (unpaired) electrons. The minimum Gasteiger partial charge on any atom is -0.384 e. The Balaban J connectivity index is 3.16. The molecule has 0 aliphatic carbocycles. The molecule has 0 atom stereocenters. The Morgan fingerprint density at radius 1 is 1.12 bits per heavy atom. The molecule has 1 heterocycles. The van der Waals surface area contributed by atoms with E-state index in [0.717, 1.165) is 19.1 Å². The summed E-state index contributed by atoms with van der Waals surface area (Å²) in [5.41, 5.74) is -0.616. The van der Waals surface area contributed by atoms with Crippen LogP contribution in [0.4, 0.5) is 23.4 Å². The third kappa shape index (κ3) is 2.57. The Kier molecular flexibility index (Phi) is 4.05. The number of nitrogens with two attached hydrogens (primary N) is 1. The summed E-state index contributed by atoms with van der Waals surface area (Å²) in [6.07, 6.45) is -4.97. The summed E-state index contributed by atoms with van der Waals surface area (Å²) < 4.78 is 54.5. The number of nitrogen functional groups attached to an aromatic ring is 1. The van der Waals surface area contributed by atoms with E-state index in [4.69, 9.17) is 16.3 Å². The van der Waals surface area contributed by atoms with E-state index in [1.54, 1.807) is 0 Å². The van der Waals surface area contributed by atoms with Crippen LogP contribution in [-0.2, 0) is 6.18 Å². The lowest BCUT2D eigenvalue weighted by Crippen LogP contribution is -2.19. The lowest BCUT2D eigenvalue weighted by atomic mass is 9.90.